The molecule has 2 N–H and O–H groups in total. The number of aromatic nitrogens is 3. The minimum absolute atomic E-state index is 0.0496. The van der Waals surface area contributed by atoms with Crippen LogP contribution in [0, 0.1) is 0 Å². The van der Waals surface area contributed by atoms with Gasteiger partial charge in [-0.15, -0.1) is 5.10 Å². The molecule has 0 unspecified atom stereocenters. The van der Waals surface area contributed by atoms with E-state index in [0.29, 0.717) is 23.1 Å². The lowest BCUT2D eigenvalue weighted by atomic mass is 10.1. The Morgan fingerprint density at radius 3 is 2.61 bits per heavy atom. The lowest BCUT2D eigenvalue weighted by Crippen LogP contribution is -2.32. The lowest BCUT2D eigenvalue weighted by Gasteiger charge is -2.09. The summed E-state index contributed by atoms with van der Waals surface area (Å²) in [6, 6.07) is 15.0. The van der Waals surface area contributed by atoms with Crippen molar-refractivity contribution in [2.45, 2.75) is 32.7 Å². The first-order chi connectivity index (χ1) is 13.5. The first-order valence-corrected chi connectivity index (χ1v) is 9.55. The number of rotatable bonds is 7. The van der Waals surface area contributed by atoms with E-state index in [0.717, 1.165) is 16.8 Å². The van der Waals surface area contributed by atoms with Crippen LogP contribution < -0.4 is 5.32 Å². The molecule has 146 valence electrons. The van der Waals surface area contributed by atoms with Crippen molar-refractivity contribution in [1.29, 1.82) is 0 Å². The molecule has 0 aliphatic heterocycles. The molecule has 1 aromatic heterocycles. The summed E-state index contributed by atoms with van der Waals surface area (Å²) in [5, 5.41) is 17.1. The molecule has 0 saturated carbocycles. The zero-order valence-corrected chi connectivity index (χ0v) is 16.6. The van der Waals surface area contributed by atoms with Crippen LogP contribution in [0.3, 0.4) is 0 Å². The van der Waals surface area contributed by atoms with Crippen molar-refractivity contribution in [3.05, 3.63) is 64.9 Å². The number of benzene rings is 2. The molecule has 6 nitrogen and oxygen atoms in total. The number of nitrogens with zero attached hydrogens (tertiary/aromatic N) is 3. The highest BCUT2D eigenvalue weighted by molar-refractivity contribution is 6.30. The van der Waals surface area contributed by atoms with Gasteiger partial charge in [-0.2, -0.15) is 0 Å². The number of aliphatic hydroxyl groups is 1. The van der Waals surface area contributed by atoms with Crippen molar-refractivity contribution in [2.75, 3.05) is 6.61 Å². The van der Waals surface area contributed by atoms with E-state index in [1.54, 1.807) is 16.8 Å². The monoisotopic (exact) mass is 398 g/mol. The second kappa shape index (κ2) is 8.99. The van der Waals surface area contributed by atoms with E-state index in [9.17, 15) is 4.79 Å². The van der Waals surface area contributed by atoms with E-state index in [4.69, 9.17) is 16.7 Å². The van der Waals surface area contributed by atoms with Crippen molar-refractivity contribution in [3.63, 3.8) is 0 Å². The van der Waals surface area contributed by atoms with Crippen LogP contribution in [-0.2, 0) is 17.6 Å². The molecule has 0 spiro atoms. The zero-order valence-electron chi connectivity index (χ0n) is 15.9. The summed E-state index contributed by atoms with van der Waals surface area (Å²) >= 11 is 6.13. The van der Waals surface area contributed by atoms with E-state index >= 15 is 0 Å². The van der Waals surface area contributed by atoms with Gasteiger partial charge in [-0.3, -0.25) is 4.79 Å². The highest BCUT2D eigenvalue weighted by Crippen LogP contribution is 2.21. The summed E-state index contributed by atoms with van der Waals surface area (Å²) in [4.78, 5) is 16.9. The molecule has 1 heterocycles. The fraction of sp³-hybridized carbons (Fsp3) is 0.286. The van der Waals surface area contributed by atoms with Gasteiger partial charge in [-0.1, -0.05) is 41.9 Å². The van der Waals surface area contributed by atoms with Crippen molar-refractivity contribution in [1.82, 2.24) is 20.1 Å². The first-order valence-electron chi connectivity index (χ1n) is 9.17. The van der Waals surface area contributed by atoms with E-state index in [1.807, 2.05) is 50.2 Å². The molecule has 0 aliphatic rings. The van der Waals surface area contributed by atoms with Crippen molar-refractivity contribution < 1.29 is 9.90 Å². The van der Waals surface area contributed by atoms with Crippen LogP contribution in [0.15, 0.2) is 48.5 Å². The van der Waals surface area contributed by atoms with E-state index in [1.165, 1.54) is 0 Å². The molecule has 7 heteroatoms. The third-order valence-electron chi connectivity index (χ3n) is 4.11. The molecule has 0 atom stereocenters. The molecule has 0 saturated heterocycles. The Labute approximate surface area is 169 Å². The second-order valence-corrected chi connectivity index (χ2v) is 7.25. The van der Waals surface area contributed by atoms with Crippen LogP contribution in [-0.4, -0.2) is 38.4 Å². The van der Waals surface area contributed by atoms with Crippen LogP contribution in [0.5, 0.6) is 0 Å². The molecule has 3 rings (SSSR count). The lowest BCUT2D eigenvalue weighted by molar-refractivity contribution is -0.121. The molecule has 28 heavy (non-hydrogen) atoms. The Morgan fingerprint density at radius 1 is 1.21 bits per heavy atom. The maximum Gasteiger partial charge on any atom is 0.227 e. The summed E-state index contributed by atoms with van der Waals surface area (Å²) in [6.45, 7) is 3.94. The number of hydrogen-bond donors (Lipinski definition) is 2. The molecule has 2 aromatic carbocycles. The smallest absolute Gasteiger partial charge is 0.227 e. The van der Waals surface area contributed by atoms with E-state index in [2.05, 4.69) is 15.4 Å². The minimum Gasteiger partial charge on any atom is -0.396 e. The maximum absolute atomic E-state index is 12.3. The summed E-state index contributed by atoms with van der Waals surface area (Å²) in [7, 11) is 0. The Morgan fingerprint density at radius 2 is 1.96 bits per heavy atom. The summed E-state index contributed by atoms with van der Waals surface area (Å²) < 4.78 is 1.66. The van der Waals surface area contributed by atoms with Gasteiger partial charge in [0.15, 0.2) is 5.82 Å². The Bertz CT molecular complexity index is 951. The predicted octanol–water partition coefficient (Wildman–Crippen LogP) is 3.19. The van der Waals surface area contributed by atoms with Crippen molar-refractivity contribution in [3.8, 4) is 17.1 Å². The van der Waals surface area contributed by atoms with Gasteiger partial charge in [0, 0.05) is 23.2 Å². The largest absolute Gasteiger partial charge is 0.396 e. The van der Waals surface area contributed by atoms with Crippen LogP contribution in [0.25, 0.3) is 17.1 Å². The maximum atomic E-state index is 12.3. The standard InChI is InChI=1S/C21H23ClN4O2/c1-14(2)23-20(28)13-19-24-21(16-8-6-15(7-9-16)10-11-27)25-26(19)18-5-3-4-17(22)12-18/h3-9,12,14,27H,10-11,13H2,1-2H3,(H,23,28). The molecule has 0 radical (unpaired) electrons. The van der Waals surface area contributed by atoms with Crippen LogP contribution in [0.2, 0.25) is 5.02 Å². The first kappa shape index (κ1) is 20.0. The number of halogens is 1. The summed E-state index contributed by atoms with van der Waals surface area (Å²) in [5.41, 5.74) is 2.63. The summed E-state index contributed by atoms with van der Waals surface area (Å²) in [6.07, 6.45) is 0.714. The Balaban J connectivity index is 1.98. The minimum atomic E-state index is -0.115. The average molecular weight is 399 g/mol. The van der Waals surface area contributed by atoms with Gasteiger partial charge >= 0.3 is 0 Å². The molecule has 0 aliphatic carbocycles. The van der Waals surface area contributed by atoms with Crippen molar-refractivity contribution >= 4 is 17.5 Å². The van der Waals surface area contributed by atoms with Crippen LogP contribution in [0.1, 0.15) is 25.2 Å². The van der Waals surface area contributed by atoms with Crippen LogP contribution in [0.4, 0.5) is 0 Å². The fourth-order valence-corrected chi connectivity index (χ4v) is 3.05. The topological polar surface area (TPSA) is 80.0 Å². The zero-order chi connectivity index (χ0) is 20.1. The fourth-order valence-electron chi connectivity index (χ4n) is 2.86. The quantitative estimate of drug-likeness (QED) is 0.640. The number of hydrogen-bond acceptors (Lipinski definition) is 4. The highest BCUT2D eigenvalue weighted by atomic mass is 35.5. The number of aliphatic hydroxyl groups excluding tert-OH is 1. The van der Waals surface area contributed by atoms with E-state index in [-0.39, 0.29) is 25.0 Å². The van der Waals surface area contributed by atoms with Crippen LogP contribution >= 0.6 is 11.6 Å². The molecular weight excluding hydrogens is 376 g/mol. The number of carbonyl (C=O) groups excluding carboxylic acids is 1. The number of nitrogens with one attached hydrogen (secondary N) is 1. The van der Waals surface area contributed by atoms with Gasteiger partial charge in [-0.05, 0) is 44.0 Å². The van der Waals surface area contributed by atoms with Gasteiger partial charge in [0.05, 0.1) is 12.1 Å². The third kappa shape index (κ3) is 4.97. The molecular formula is C21H23ClN4O2. The van der Waals surface area contributed by atoms with Gasteiger partial charge in [0.25, 0.3) is 0 Å². The predicted molar refractivity (Wildman–Crippen MR) is 110 cm³/mol. The summed E-state index contributed by atoms with van der Waals surface area (Å²) in [5.74, 6) is 0.952. The van der Waals surface area contributed by atoms with E-state index < -0.39 is 0 Å². The van der Waals surface area contributed by atoms with Gasteiger partial charge < -0.3 is 10.4 Å². The normalized spacial score (nSPS) is 11.0. The number of amides is 1. The van der Waals surface area contributed by atoms with Gasteiger partial charge in [0.2, 0.25) is 5.91 Å². The number of carbonyl (C=O) groups is 1. The SMILES string of the molecule is CC(C)NC(=O)Cc1nc(-c2ccc(CCO)cc2)nn1-c1cccc(Cl)c1. The second-order valence-electron chi connectivity index (χ2n) is 6.81. The highest BCUT2D eigenvalue weighted by Gasteiger charge is 2.17. The molecule has 1 amide bonds. The average Bonchev–Trinajstić information content (AvgIpc) is 3.05. The van der Waals surface area contributed by atoms with Crippen molar-refractivity contribution in [2.24, 2.45) is 0 Å². The molecule has 0 fully saturated rings. The molecule has 0 bridgehead atoms. The van der Waals surface area contributed by atoms with Gasteiger partial charge in [-0.25, -0.2) is 9.67 Å². The Hall–Kier alpha value is -2.70. The molecule has 3 aromatic rings. The van der Waals surface area contributed by atoms with Gasteiger partial charge in [0.1, 0.15) is 5.82 Å². The third-order valence-corrected chi connectivity index (χ3v) is 4.34. The Kier molecular flexibility index (Phi) is 6.44.